The topological polar surface area (TPSA) is 218 Å². The number of allylic oxidation sites excluding steroid dienone is 3. The van der Waals surface area contributed by atoms with Gasteiger partial charge in [-0.2, -0.15) is 0 Å². The average molecular weight is 914 g/mol. The molecule has 4 aliphatic rings. The highest BCUT2D eigenvalue weighted by Crippen LogP contribution is 2.39. The van der Waals surface area contributed by atoms with E-state index in [4.69, 9.17) is 42.6 Å². The Morgan fingerprint density at radius 3 is 2.12 bits per heavy atom. The van der Waals surface area contributed by atoms with Crippen LogP contribution in [0.4, 0.5) is 0 Å². The van der Waals surface area contributed by atoms with Crippen molar-refractivity contribution >= 4 is 18.0 Å². The molecule has 368 valence electrons. The number of aldehydes is 1. The molecule has 0 aromatic rings. The first-order valence-electron chi connectivity index (χ1n) is 23.0. The van der Waals surface area contributed by atoms with Crippen molar-refractivity contribution in [3.05, 3.63) is 23.8 Å². The molecule has 0 bridgehead atoms. The molecule has 0 amide bonds. The fourth-order valence-electron chi connectivity index (χ4n) is 9.71. The van der Waals surface area contributed by atoms with Crippen molar-refractivity contribution in [1.29, 1.82) is 0 Å². The first kappa shape index (κ1) is 54.4. The molecular formula is C47H79NO16. The summed E-state index contributed by atoms with van der Waals surface area (Å²) in [4.78, 5) is 41.9. The number of ketones is 1. The Morgan fingerprint density at radius 1 is 0.859 bits per heavy atom. The molecule has 0 unspecified atom stereocenters. The van der Waals surface area contributed by atoms with E-state index in [0.29, 0.717) is 12.0 Å². The molecule has 0 aromatic heterocycles. The summed E-state index contributed by atoms with van der Waals surface area (Å²) in [6.45, 7) is 16.0. The zero-order valence-electron chi connectivity index (χ0n) is 40.2. The number of aliphatic hydroxyl groups is 4. The third kappa shape index (κ3) is 13.3. The second kappa shape index (κ2) is 24.2. The molecular weight excluding hydrogens is 835 g/mol. The van der Waals surface area contributed by atoms with Gasteiger partial charge in [-0.05, 0) is 73.5 Å². The van der Waals surface area contributed by atoms with Gasteiger partial charge in [-0.3, -0.25) is 9.59 Å². The molecule has 17 heteroatoms. The molecule has 0 radical (unpaired) electrons. The second-order valence-corrected chi connectivity index (χ2v) is 19.1. The highest BCUT2D eigenvalue weighted by atomic mass is 16.7. The monoisotopic (exact) mass is 914 g/mol. The number of hydrogen-bond acceptors (Lipinski definition) is 17. The summed E-state index contributed by atoms with van der Waals surface area (Å²) in [5, 5.41) is 44.5. The van der Waals surface area contributed by atoms with Crippen molar-refractivity contribution in [2.75, 3.05) is 34.9 Å². The molecule has 17 nitrogen and oxygen atoms in total. The number of esters is 1. The first-order valence-corrected chi connectivity index (χ1v) is 23.0. The van der Waals surface area contributed by atoms with Gasteiger partial charge >= 0.3 is 5.97 Å². The number of aliphatic hydroxyl groups excluding tert-OH is 3. The van der Waals surface area contributed by atoms with Crippen LogP contribution in [-0.4, -0.2) is 176 Å². The Hall–Kier alpha value is -2.23. The van der Waals surface area contributed by atoms with Crippen LogP contribution in [0.1, 0.15) is 94.4 Å². The Morgan fingerprint density at radius 2 is 1.52 bits per heavy atom. The average Bonchev–Trinajstić information content (AvgIpc) is 3.23. The molecule has 4 heterocycles. The maximum absolute atomic E-state index is 13.8. The van der Waals surface area contributed by atoms with Crippen molar-refractivity contribution in [3.63, 3.8) is 0 Å². The van der Waals surface area contributed by atoms with Crippen LogP contribution in [0.25, 0.3) is 0 Å². The number of hydrogen-bond donors (Lipinski definition) is 4. The SMILES string of the molecule is CC[C@H]1OC(=O)C[C@@H](O)[C@H](C)[C@@H](O[C@@H]2O[C@H](C)[C@@H](O[C@@H]3O[C@@H](C)C[C@H](O)[C@]3(C)O)[C@H](N(C)C)[C@H]2C)[C@@H](CC=O)C[C@@H](C)C(=O)/C=C/C(C)=C/[C@@H]1CO[C@@H]1O[C@H](C)[C@@H](O)[C@@H](OC)[C@H]1OC. The third-order valence-corrected chi connectivity index (χ3v) is 13.8. The highest BCUT2D eigenvalue weighted by Gasteiger charge is 2.53. The van der Waals surface area contributed by atoms with E-state index < -0.39 is 127 Å². The van der Waals surface area contributed by atoms with Crippen LogP contribution < -0.4 is 0 Å². The molecule has 21 atom stereocenters. The van der Waals surface area contributed by atoms with Crippen molar-refractivity contribution in [2.45, 2.75) is 192 Å². The number of carbonyl (C=O) groups excluding carboxylic acids is 3. The number of rotatable bonds is 13. The minimum atomic E-state index is -1.68. The number of cyclic esters (lactones) is 1. The summed E-state index contributed by atoms with van der Waals surface area (Å²) < 4.78 is 55.5. The summed E-state index contributed by atoms with van der Waals surface area (Å²) in [6.07, 6.45) is -5.25. The zero-order chi connectivity index (χ0) is 47.8. The van der Waals surface area contributed by atoms with E-state index in [1.54, 1.807) is 33.8 Å². The van der Waals surface area contributed by atoms with E-state index in [-0.39, 0.29) is 43.8 Å². The molecule has 64 heavy (non-hydrogen) atoms. The summed E-state index contributed by atoms with van der Waals surface area (Å²) in [6, 6.07) is -0.361. The van der Waals surface area contributed by atoms with Crippen LogP contribution in [0.15, 0.2) is 23.8 Å². The van der Waals surface area contributed by atoms with Gasteiger partial charge in [-0.1, -0.05) is 45.4 Å². The van der Waals surface area contributed by atoms with Crippen molar-refractivity contribution < 1.29 is 77.4 Å². The number of nitrogens with zero attached hydrogens (tertiary/aromatic N) is 1. The van der Waals surface area contributed by atoms with Crippen LogP contribution >= 0.6 is 0 Å². The zero-order valence-corrected chi connectivity index (χ0v) is 40.2. The maximum atomic E-state index is 13.8. The van der Waals surface area contributed by atoms with Crippen LogP contribution in [0.2, 0.25) is 0 Å². The molecule has 3 fully saturated rings. The minimum absolute atomic E-state index is 0.0115. The predicted octanol–water partition coefficient (Wildman–Crippen LogP) is 3.11. The quantitative estimate of drug-likeness (QED) is 0.154. The van der Waals surface area contributed by atoms with Gasteiger partial charge in [0.1, 0.15) is 42.4 Å². The van der Waals surface area contributed by atoms with Crippen LogP contribution in [0, 0.1) is 29.6 Å². The van der Waals surface area contributed by atoms with E-state index >= 15 is 0 Å². The molecule has 0 spiro atoms. The number of ether oxygens (including phenoxy) is 9. The van der Waals surface area contributed by atoms with Gasteiger partial charge in [-0.25, -0.2) is 0 Å². The van der Waals surface area contributed by atoms with Gasteiger partial charge in [0.05, 0.1) is 49.7 Å². The maximum Gasteiger partial charge on any atom is 0.308 e. The second-order valence-electron chi connectivity index (χ2n) is 19.1. The first-order chi connectivity index (χ1) is 30.1. The standard InChI is InChI=1S/C47H79NO16/c1-14-35-32(23-58-45-43(57-13)42(56-12)39(54)29(7)60-45)19-24(2)15-16-33(50)25(3)20-31(17-18-49)40(27(5)34(51)22-37(53)62-35)63-44-28(6)38(48(10)11)41(30(8)61-44)64-46-47(9,55)36(52)21-26(4)59-46/h15-16,18-19,25-32,34-36,38-46,51-52,54-55H,14,17,20-23H2,1-13H3/b16-15+,24-19+/t25-,26+,27+,28-,29-,30-,31+,32-,34-,35-,36+,38-,39-,40-,41-,42-,43-,44+,45-,46+,47+/m1/s1. The van der Waals surface area contributed by atoms with Crippen molar-refractivity contribution in [2.24, 2.45) is 29.6 Å². The lowest BCUT2D eigenvalue weighted by molar-refractivity contribution is -0.353. The molecule has 0 aliphatic carbocycles. The Kier molecular flexibility index (Phi) is 20.5. The van der Waals surface area contributed by atoms with E-state index in [0.717, 1.165) is 6.29 Å². The Balaban J connectivity index is 1.63. The van der Waals surface area contributed by atoms with Crippen LogP contribution in [0.5, 0.6) is 0 Å². The molecule has 4 rings (SSSR count). The molecule has 4 aliphatic heterocycles. The third-order valence-electron chi connectivity index (χ3n) is 13.8. The molecule has 0 aromatic carbocycles. The molecule has 0 saturated carbocycles. The number of likely N-dealkylation sites (N-methyl/N-ethyl adjacent to an activating group) is 1. The van der Waals surface area contributed by atoms with Gasteiger partial charge < -0.3 is 72.8 Å². The van der Waals surface area contributed by atoms with Gasteiger partial charge in [-0.15, -0.1) is 0 Å². The van der Waals surface area contributed by atoms with E-state index in [1.165, 1.54) is 27.2 Å². The highest BCUT2D eigenvalue weighted by molar-refractivity contribution is 5.91. The Labute approximate surface area is 380 Å². The van der Waals surface area contributed by atoms with Gasteiger partial charge in [0.2, 0.25) is 0 Å². The molecule has 3 saturated heterocycles. The smallest absolute Gasteiger partial charge is 0.308 e. The number of carbonyl (C=O) groups is 3. The van der Waals surface area contributed by atoms with E-state index in [2.05, 4.69) is 0 Å². The Bertz CT molecular complexity index is 1560. The fraction of sp³-hybridized carbons (Fsp3) is 0.851. The van der Waals surface area contributed by atoms with Gasteiger partial charge in [0.15, 0.2) is 24.7 Å². The summed E-state index contributed by atoms with van der Waals surface area (Å²) in [7, 11) is 6.73. The fourth-order valence-corrected chi connectivity index (χ4v) is 9.71. The van der Waals surface area contributed by atoms with Gasteiger partial charge in [0, 0.05) is 56.8 Å². The normalized spacial score (nSPS) is 45.9. The molecule has 4 N–H and O–H groups in total. The van der Waals surface area contributed by atoms with Gasteiger partial charge in [0.25, 0.3) is 0 Å². The minimum Gasteiger partial charge on any atom is -0.462 e. The van der Waals surface area contributed by atoms with E-state index in [9.17, 15) is 34.8 Å². The van der Waals surface area contributed by atoms with E-state index in [1.807, 2.05) is 52.8 Å². The number of methoxy groups -OCH3 is 2. The van der Waals surface area contributed by atoms with Crippen molar-refractivity contribution in [1.82, 2.24) is 4.90 Å². The predicted molar refractivity (Wildman–Crippen MR) is 233 cm³/mol. The lowest BCUT2D eigenvalue weighted by Crippen LogP contribution is -2.65. The van der Waals surface area contributed by atoms with Crippen LogP contribution in [0.3, 0.4) is 0 Å². The summed E-state index contributed by atoms with van der Waals surface area (Å²) in [5.74, 6) is -3.62. The van der Waals surface area contributed by atoms with Crippen molar-refractivity contribution in [3.8, 4) is 0 Å². The van der Waals surface area contributed by atoms with Crippen LogP contribution in [-0.2, 0) is 57.0 Å². The summed E-state index contributed by atoms with van der Waals surface area (Å²) in [5.41, 5.74) is -0.973. The lowest BCUT2D eigenvalue weighted by atomic mass is 9.79. The largest absolute Gasteiger partial charge is 0.462 e. The lowest BCUT2D eigenvalue weighted by Gasteiger charge is -2.51. The summed E-state index contributed by atoms with van der Waals surface area (Å²) >= 11 is 0.